The summed E-state index contributed by atoms with van der Waals surface area (Å²) in [7, 11) is 0. The molecule has 4 rings (SSSR count). The van der Waals surface area contributed by atoms with E-state index in [1.807, 2.05) is 0 Å². The Kier molecular flexibility index (Phi) is 3.75. The van der Waals surface area contributed by atoms with Gasteiger partial charge < -0.3 is 10.6 Å². The zero-order chi connectivity index (χ0) is 14.8. The smallest absolute Gasteiger partial charge is 0.0582 e. The average molecular weight is 292 g/mol. The van der Waals surface area contributed by atoms with Gasteiger partial charge in [-0.1, -0.05) is 49.6 Å². The molecule has 0 bridgehead atoms. The van der Waals surface area contributed by atoms with E-state index >= 15 is 0 Å². The number of hydrogen-bond donors (Lipinski definition) is 2. The minimum absolute atomic E-state index is 0.789. The van der Waals surface area contributed by atoms with E-state index in [1.54, 1.807) is 0 Å². The maximum Gasteiger partial charge on any atom is 0.0582 e. The summed E-state index contributed by atoms with van der Waals surface area (Å²) in [5.41, 5.74) is 6.58. The van der Waals surface area contributed by atoms with E-state index in [0.717, 1.165) is 19.0 Å². The van der Waals surface area contributed by atoms with Crippen LogP contribution in [0.3, 0.4) is 0 Å². The quantitative estimate of drug-likeness (QED) is 0.791. The Bertz CT molecular complexity index is 639. The van der Waals surface area contributed by atoms with Crippen LogP contribution in [0.1, 0.15) is 43.6 Å². The molecule has 114 valence electrons. The number of fused-ring (bicyclic) bond motifs is 1. The molecule has 2 aromatic carbocycles. The van der Waals surface area contributed by atoms with Crippen molar-refractivity contribution in [1.29, 1.82) is 0 Å². The normalized spacial score (nSPS) is 18.2. The van der Waals surface area contributed by atoms with Crippen LogP contribution in [-0.4, -0.2) is 13.1 Å². The van der Waals surface area contributed by atoms with E-state index in [2.05, 4.69) is 53.1 Å². The van der Waals surface area contributed by atoms with Crippen LogP contribution >= 0.6 is 0 Å². The van der Waals surface area contributed by atoms with Gasteiger partial charge in [-0.3, -0.25) is 0 Å². The summed E-state index contributed by atoms with van der Waals surface area (Å²) in [5, 5.41) is 6.90. The van der Waals surface area contributed by atoms with Crippen molar-refractivity contribution in [1.82, 2.24) is 0 Å². The first kappa shape index (κ1) is 13.7. The van der Waals surface area contributed by atoms with Gasteiger partial charge in [0.25, 0.3) is 0 Å². The van der Waals surface area contributed by atoms with Crippen molar-refractivity contribution in [3.63, 3.8) is 0 Å². The van der Waals surface area contributed by atoms with Crippen LogP contribution in [-0.2, 0) is 0 Å². The molecule has 22 heavy (non-hydrogen) atoms. The van der Waals surface area contributed by atoms with Crippen molar-refractivity contribution in [3.8, 4) is 11.1 Å². The highest BCUT2D eigenvalue weighted by molar-refractivity contribution is 5.78. The number of benzene rings is 2. The highest BCUT2D eigenvalue weighted by atomic mass is 15.0. The molecule has 0 atom stereocenters. The summed E-state index contributed by atoms with van der Waals surface area (Å²) in [6, 6.07) is 15.9. The van der Waals surface area contributed by atoms with E-state index in [9.17, 15) is 0 Å². The first-order chi connectivity index (χ1) is 10.9. The molecular formula is C20H24N2. The molecule has 1 saturated carbocycles. The lowest BCUT2D eigenvalue weighted by Gasteiger charge is -2.22. The van der Waals surface area contributed by atoms with Gasteiger partial charge in [0.15, 0.2) is 0 Å². The monoisotopic (exact) mass is 292 g/mol. The van der Waals surface area contributed by atoms with Crippen LogP contribution < -0.4 is 10.6 Å². The van der Waals surface area contributed by atoms with Crippen LogP contribution in [0.4, 0.5) is 11.4 Å². The molecule has 2 aromatic rings. The lowest BCUT2D eigenvalue weighted by Crippen LogP contribution is -2.20. The Morgan fingerprint density at radius 2 is 1.36 bits per heavy atom. The summed E-state index contributed by atoms with van der Waals surface area (Å²) in [6.45, 7) is 2.00. The molecule has 0 aromatic heterocycles. The van der Waals surface area contributed by atoms with E-state index in [4.69, 9.17) is 0 Å². The van der Waals surface area contributed by atoms with Crippen LogP contribution in [0.15, 0.2) is 42.5 Å². The van der Waals surface area contributed by atoms with Crippen LogP contribution in [0.25, 0.3) is 11.1 Å². The molecule has 1 aliphatic carbocycles. The Balaban J connectivity index is 1.57. The molecule has 0 amide bonds. The molecule has 2 heteroatoms. The van der Waals surface area contributed by atoms with E-state index < -0.39 is 0 Å². The molecule has 1 fully saturated rings. The number of nitrogens with one attached hydrogen (secondary N) is 2. The summed E-state index contributed by atoms with van der Waals surface area (Å²) in [6.07, 6.45) is 6.96. The molecule has 1 heterocycles. The summed E-state index contributed by atoms with van der Waals surface area (Å²) in [4.78, 5) is 0. The Hall–Kier alpha value is -1.96. The zero-order valence-corrected chi connectivity index (χ0v) is 13.1. The fraction of sp³-hybridized carbons (Fsp3) is 0.400. The van der Waals surface area contributed by atoms with Crippen molar-refractivity contribution >= 4 is 11.4 Å². The molecule has 2 nitrogen and oxygen atoms in total. The highest BCUT2D eigenvalue weighted by Gasteiger charge is 2.15. The standard InChI is InChI=1S/C20H24N2/c1-2-4-15(5-3-1)16-6-8-17(9-7-16)18-10-11-19-20(14-18)22-13-12-21-19/h6-11,14-15,21-22H,1-5,12-13H2. The third kappa shape index (κ3) is 2.70. The van der Waals surface area contributed by atoms with Gasteiger partial charge in [0.2, 0.25) is 0 Å². The molecular weight excluding hydrogens is 268 g/mol. The SMILES string of the molecule is c1cc(C2CCCCC2)ccc1-c1ccc2c(c1)NCCN2. The summed E-state index contributed by atoms with van der Waals surface area (Å²) in [5.74, 6) is 0.789. The third-order valence-electron chi connectivity index (χ3n) is 5.10. The second-order valence-electron chi connectivity index (χ2n) is 6.57. The average Bonchev–Trinajstić information content (AvgIpc) is 2.62. The van der Waals surface area contributed by atoms with Gasteiger partial charge >= 0.3 is 0 Å². The Morgan fingerprint density at radius 1 is 0.682 bits per heavy atom. The van der Waals surface area contributed by atoms with Gasteiger partial charge in [0.05, 0.1) is 11.4 Å². The fourth-order valence-electron chi connectivity index (χ4n) is 3.80. The van der Waals surface area contributed by atoms with E-state index in [1.165, 1.54) is 60.2 Å². The van der Waals surface area contributed by atoms with Crippen LogP contribution in [0.2, 0.25) is 0 Å². The summed E-state index contributed by atoms with van der Waals surface area (Å²) >= 11 is 0. The van der Waals surface area contributed by atoms with Gasteiger partial charge in [-0.15, -0.1) is 0 Å². The maximum atomic E-state index is 3.47. The number of rotatable bonds is 2. The van der Waals surface area contributed by atoms with Crippen molar-refractivity contribution < 1.29 is 0 Å². The number of anilines is 2. The van der Waals surface area contributed by atoms with Gasteiger partial charge in [-0.05, 0) is 47.6 Å². The van der Waals surface area contributed by atoms with Crippen molar-refractivity contribution in [2.75, 3.05) is 23.7 Å². The van der Waals surface area contributed by atoms with Gasteiger partial charge in [-0.25, -0.2) is 0 Å². The predicted molar refractivity (Wildman–Crippen MR) is 94.7 cm³/mol. The highest BCUT2D eigenvalue weighted by Crippen LogP contribution is 2.35. The van der Waals surface area contributed by atoms with Crippen LogP contribution in [0, 0.1) is 0 Å². The maximum absolute atomic E-state index is 3.47. The second kappa shape index (κ2) is 6.04. The van der Waals surface area contributed by atoms with Crippen molar-refractivity contribution in [2.45, 2.75) is 38.0 Å². The minimum atomic E-state index is 0.789. The topological polar surface area (TPSA) is 24.1 Å². The van der Waals surface area contributed by atoms with Crippen LogP contribution in [0.5, 0.6) is 0 Å². The summed E-state index contributed by atoms with van der Waals surface area (Å²) < 4.78 is 0. The van der Waals surface area contributed by atoms with Gasteiger partial charge in [0.1, 0.15) is 0 Å². The fourth-order valence-corrected chi connectivity index (χ4v) is 3.80. The minimum Gasteiger partial charge on any atom is -0.382 e. The lowest BCUT2D eigenvalue weighted by atomic mass is 9.83. The molecule has 0 spiro atoms. The third-order valence-corrected chi connectivity index (χ3v) is 5.10. The van der Waals surface area contributed by atoms with E-state index in [0.29, 0.717) is 0 Å². The Labute approximate surface area is 132 Å². The zero-order valence-electron chi connectivity index (χ0n) is 13.1. The van der Waals surface area contributed by atoms with Crippen molar-refractivity contribution in [3.05, 3.63) is 48.0 Å². The molecule has 0 radical (unpaired) electrons. The Morgan fingerprint density at radius 3 is 2.14 bits per heavy atom. The van der Waals surface area contributed by atoms with E-state index in [-0.39, 0.29) is 0 Å². The molecule has 1 aliphatic heterocycles. The molecule has 0 saturated heterocycles. The number of hydrogen-bond acceptors (Lipinski definition) is 2. The first-order valence-electron chi connectivity index (χ1n) is 8.62. The molecule has 2 aliphatic rings. The largest absolute Gasteiger partial charge is 0.382 e. The lowest BCUT2D eigenvalue weighted by molar-refractivity contribution is 0.443. The van der Waals surface area contributed by atoms with Crippen molar-refractivity contribution in [2.24, 2.45) is 0 Å². The molecule has 2 N–H and O–H groups in total. The van der Waals surface area contributed by atoms with Gasteiger partial charge in [0, 0.05) is 13.1 Å². The second-order valence-corrected chi connectivity index (χ2v) is 6.57. The van der Waals surface area contributed by atoms with Gasteiger partial charge in [-0.2, -0.15) is 0 Å². The molecule has 0 unspecified atom stereocenters. The predicted octanol–water partition coefficient (Wildman–Crippen LogP) is 5.24. The first-order valence-corrected chi connectivity index (χ1v) is 8.62.